The highest BCUT2D eigenvalue weighted by Gasteiger charge is 2.04. The summed E-state index contributed by atoms with van der Waals surface area (Å²) in [5.74, 6) is 2.36. The monoisotopic (exact) mass is 294 g/mol. The van der Waals surface area contributed by atoms with Gasteiger partial charge in [0.05, 0.1) is 6.61 Å². The maximum absolute atomic E-state index is 5.48. The summed E-state index contributed by atoms with van der Waals surface area (Å²) in [4.78, 5) is 11.3. The predicted octanol–water partition coefficient (Wildman–Crippen LogP) is 2.97. The fourth-order valence-electron chi connectivity index (χ4n) is 2.16. The Balaban J connectivity index is 2.38. The van der Waals surface area contributed by atoms with E-state index in [0.29, 0.717) is 12.5 Å². The maximum Gasteiger partial charge on any atom is 0.218 e. The molecule has 5 heteroatoms. The van der Waals surface area contributed by atoms with Crippen molar-refractivity contribution in [2.45, 2.75) is 47.0 Å². The highest BCUT2D eigenvalue weighted by Crippen LogP contribution is 2.14. The molecule has 0 aliphatic heterocycles. The molecular formula is C16H30N4O. The van der Waals surface area contributed by atoms with Gasteiger partial charge in [0.25, 0.3) is 0 Å². The van der Waals surface area contributed by atoms with Crippen molar-refractivity contribution in [3.05, 3.63) is 11.9 Å². The van der Waals surface area contributed by atoms with Crippen molar-refractivity contribution < 1.29 is 4.74 Å². The molecule has 0 saturated carbocycles. The van der Waals surface area contributed by atoms with Crippen molar-refractivity contribution in [2.75, 3.05) is 38.1 Å². The average molecular weight is 294 g/mol. The molecule has 0 atom stereocenters. The third-order valence-corrected chi connectivity index (χ3v) is 3.46. The Hall–Kier alpha value is -1.36. The van der Waals surface area contributed by atoms with Crippen LogP contribution in [0.4, 0.5) is 5.82 Å². The van der Waals surface area contributed by atoms with Crippen molar-refractivity contribution in [1.82, 2.24) is 14.9 Å². The summed E-state index contributed by atoms with van der Waals surface area (Å²) in [6.45, 7) is 13.4. The van der Waals surface area contributed by atoms with Gasteiger partial charge < -0.3 is 15.0 Å². The zero-order valence-corrected chi connectivity index (χ0v) is 14.0. The molecule has 0 spiro atoms. The minimum absolute atomic E-state index is 0.628. The van der Waals surface area contributed by atoms with Crippen molar-refractivity contribution >= 4 is 5.82 Å². The first-order chi connectivity index (χ1) is 10.2. The van der Waals surface area contributed by atoms with Gasteiger partial charge >= 0.3 is 0 Å². The molecule has 1 N–H and O–H groups in total. The van der Waals surface area contributed by atoms with Crippen LogP contribution in [0, 0.1) is 0 Å². The predicted molar refractivity (Wildman–Crippen MR) is 88.1 cm³/mol. The Labute approximate surface area is 129 Å². The lowest BCUT2D eigenvalue weighted by atomic mass is 10.3. The van der Waals surface area contributed by atoms with Crippen molar-refractivity contribution in [2.24, 2.45) is 0 Å². The van der Waals surface area contributed by atoms with Crippen molar-refractivity contribution in [1.29, 1.82) is 0 Å². The van der Waals surface area contributed by atoms with Crippen LogP contribution in [-0.2, 0) is 6.42 Å². The van der Waals surface area contributed by atoms with Crippen LogP contribution in [0.1, 0.15) is 46.4 Å². The number of nitrogens with zero attached hydrogens (tertiary/aromatic N) is 3. The smallest absolute Gasteiger partial charge is 0.218 e. The minimum atomic E-state index is 0.628. The van der Waals surface area contributed by atoms with Gasteiger partial charge in [-0.1, -0.05) is 20.8 Å². The Morgan fingerprint density at radius 1 is 1.10 bits per heavy atom. The molecule has 0 radical (unpaired) electrons. The van der Waals surface area contributed by atoms with E-state index in [-0.39, 0.29) is 0 Å². The molecule has 5 nitrogen and oxygen atoms in total. The van der Waals surface area contributed by atoms with E-state index in [1.165, 1.54) is 13.0 Å². The van der Waals surface area contributed by atoms with Gasteiger partial charge in [-0.15, -0.1) is 0 Å². The molecule has 0 aliphatic rings. The van der Waals surface area contributed by atoms with E-state index in [1.807, 2.05) is 13.0 Å². The fraction of sp³-hybridized carbons (Fsp3) is 0.750. The Morgan fingerprint density at radius 3 is 2.48 bits per heavy atom. The van der Waals surface area contributed by atoms with E-state index in [1.54, 1.807) is 0 Å². The molecule has 21 heavy (non-hydrogen) atoms. The summed E-state index contributed by atoms with van der Waals surface area (Å²) in [6.07, 6.45) is 3.17. The second kappa shape index (κ2) is 10.4. The average Bonchev–Trinajstić information content (AvgIpc) is 2.51. The zero-order chi connectivity index (χ0) is 15.5. The Morgan fingerprint density at radius 2 is 1.86 bits per heavy atom. The van der Waals surface area contributed by atoms with Gasteiger partial charge in [0.1, 0.15) is 11.6 Å². The Kier molecular flexibility index (Phi) is 8.74. The summed E-state index contributed by atoms with van der Waals surface area (Å²) in [5, 5.41) is 3.38. The van der Waals surface area contributed by atoms with Crippen LogP contribution in [0.15, 0.2) is 6.07 Å². The van der Waals surface area contributed by atoms with E-state index >= 15 is 0 Å². The van der Waals surface area contributed by atoms with Crippen LogP contribution in [0.2, 0.25) is 0 Å². The molecule has 1 heterocycles. The van der Waals surface area contributed by atoms with Gasteiger partial charge in [-0.25, -0.2) is 4.98 Å². The van der Waals surface area contributed by atoms with Gasteiger partial charge in [0, 0.05) is 19.0 Å². The number of rotatable bonds is 11. The second-order valence-corrected chi connectivity index (χ2v) is 4.95. The van der Waals surface area contributed by atoms with Crippen LogP contribution in [0.3, 0.4) is 0 Å². The number of unbranched alkanes of at least 4 members (excludes halogenated alkanes) is 1. The Bertz CT molecular complexity index is 394. The second-order valence-electron chi connectivity index (χ2n) is 4.95. The molecule has 120 valence electrons. The van der Waals surface area contributed by atoms with Crippen molar-refractivity contribution in [3.63, 3.8) is 0 Å². The number of hydrogen-bond donors (Lipinski definition) is 1. The summed E-state index contributed by atoms with van der Waals surface area (Å²) in [7, 11) is 0. The summed E-state index contributed by atoms with van der Waals surface area (Å²) < 4.78 is 5.48. The number of hydrogen-bond acceptors (Lipinski definition) is 5. The van der Waals surface area contributed by atoms with E-state index in [9.17, 15) is 0 Å². The molecule has 0 fully saturated rings. The first-order valence-electron chi connectivity index (χ1n) is 8.20. The molecule has 0 saturated heterocycles. The maximum atomic E-state index is 5.48. The molecule has 1 aromatic rings. The number of nitrogens with one attached hydrogen (secondary N) is 1. The molecular weight excluding hydrogens is 264 g/mol. The van der Waals surface area contributed by atoms with Gasteiger partial charge in [-0.3, -0.25) is 0 Å². The molecule has 1 rings (SSSR count). The highest BCUT2D eigenvalue weighted by molar-refractivity contribution is 5.38. The lowest BCUT2D eigenvalue weighted by Crippen LogP contribution is -2.24. The van der Waals surface area contributed by atoms with Crippen LogP contribution >= 0.6 is 0 Å². The summed E-state index contributed by atoms with van der Waals surface area (Å²) in [6, 6.07) is 1.88. The first kappa shape index (κ1) is 17.7. The van der Waals surface area contributed by atoms with E-state index in [0.717, 1.165) is 44.1 Å². The molecule has 0 aromatic carbocycles. The summed E-state index contributed by atoms with van der Waals surface area (Å²) >= 11 is 0. The van der Waals surface area contributed by atoms with Gasteiger partial charge in [-0.05, 0) is 39.4 Å². The SMILES string of the molecule is CCOc1cc(NCCCCN(CC)CC)nc(CC)n1. The number of aryl methyl sites for hydroxylation is 1. The first-order valence-corrected chi connectivity index (χ1v) is 8.20. The van der Waals surface area contributed by atoms with Crippen molar-refractivity contribution in [3.8, 4) is 5.88 Å². The van der Waals surface area contributed by atoms with Crippen LogP contribution < -0.4 is 10.1 Å². The third-order valence-electron chi connectivity index (χ3n) is 3.46. The standard InChI is InChI=1S/C16H30N4O/c1-5-14-18-15(13-16(19-14)21-8-4)17-11-9-10-12-20(6-2)7-3/h13H,5-12H2,1-4H3,(H,17,18,19). The molecule has 0 amide bonds. The van der Waals surface area contributed by atoms with Crippen LogP contribution in [0.5, 0.6) is 5.88 Å². The van der Waals surface area contributed by atoms with Gasteiger partial charge in [0.2, 0.25) is 5.88 Å². The number of ether oxygens (including phenoxy) is 1. The van der Waals surface area contributed by atoms with Crippen LogP contribution in [0.25, 0.3) is 0 Å². The molecule has 1 aromatic heterocycles. The largest absolute Gasteiger partial charge is 0.478 e. The summed E-state index contributed by atoms with van der Waals surface area (Å²) in [5.41, 5.74) is 0. The minimum Gasteiger partial charge on any atom is -0.478 e. The fourth-order valence-corrected chi connectivity index (χ4v) is 2.16. The molecule has 0 bridgehead atoms. The normalized spacial score (nSPS) is 10.9. The lowest BCUT2D eigenvalue weighted by Gasteiger charge is -2.17. The number of aromatic nitrogens is 2. The third kappa shape index (κ3) is 6.76. The number of anilines is 1. The lowest BCUT2D eigenvalue weighted by molar-refractivity contribution is 0.298. The van der Waals surface area contributed by atoms with E-state index in [4.69, 9.17) is 4.74 Å². The van der Waals surface area contributed by atoms with E-state index < -0.39 is 0 Å². The highest BCUT2D eigenvalue weighted by atomic mass is 16.5. The quantitative estimate of drug-likeness (QED) is 0.636. The molecule has 0 unspecified atom stereocenters. The zero-order valence-electron chi connectivity index (χ0n) is 14.0. The molecule has 0 aliphatic carbocycles. The topological polar surface area (TPSA) is 50.3 Å². The van der Waals surface area contributed by atoms with Crippen LogP contribution in [-0.4, -0.2) is 47.7 Å². The van der Waals surface area contributed by atoms with Gasteiger partial charge in [-0.2, -0.15) is 4.98 Å². The van der Waals surface area contributed by atoms with Gasteiger partial charge in [0.15, 0.2) is 0 Å². The van der Waals surface area contributed by atoms with E-state index in [2.05, 4.69) is 41.0 Å².